The number of nitrogens with zero attached hydrogens (tertiary/aromatic N) is 2. The van der Waals surface area contributed by atoms with Gasteiger partial charge < -0.3 is 9.73 Å². The normalized spacial score (nSPS) is 16.2. The molecule has 1 aromatic heterocycles. The second-order valence-electron chi connectivity index (χ2n) is 6.51. The lowest BCUT2D eigenvalue weighted by atomic mass is 10.1. The van der Waals surface area contributed by atoms with E-state index < -0.39 is 4.92 Å². The van der Waals surface area contributed by atoms with Crippen molar-refractivity contribution in [2.75, 3.05) is 0 Å². The van der Waals surface area contributed by atoms with Crippen LogP contribution < -0.4 is 5.32 Å². The Kier molecular flexibility index (Phi) is 5.49. The number of aryl methyl sites for hydroxylation is 1. The van der Waals surface area contributed by atoms with Crippen LogP contribution in [0.2, 0.25) is 0 Å². The zero-order valence-corrected chi connectivity index (χ0v) is 16.8. The highest BCUT2D eigenvalue weighted by Gasteiger charge is 2.24. The van der Waals surface area contributed by atoms with Gasteiger partial charge in [0.25, 0.3) is 11.6 Å². The molecule has 0 atom stereocenters. The summed E-state index contributed by atoms with van der Waals surface area (Å²) in [5, 5.41) is 14.2. The molecule has 0 saturated carbocycles. The minimum Gasteiger partial charge on any atom is -0.457 e. The lowest BCUT2D eigenvalue weighted by Gasteiger charge is -1.98. The van der Waals surface area contributed by atoms with Crippen LogP contribution in [0.3, 0.4) is 0 Å². The Hall–Kier alpha value is -3.65. The Labute approximate surface area is 176 Å². The molecule has 1 N–H and O–H groups in total. The largest absolute Gasteiger partial charge is 0.457 e. The third-order valence-electron chi connectivity index (χ3n) is 4.47. The van der Waals surface area contributed by atoms with Crippen molar-refractivity contribution in [3.05, 3.63) is 87.0 Å². The molecule has 1 aliphatic rings. The van der Waals surface area contributed by atoms with Gasteiger partial charge >= 0.3 is 0 Å². The number of non-ortho nitro benzene ring substituents is 1. The average molecular weight is 419 g/mol. The summed E-state index contributed by atoms with van der Waals surface area (Å²) < 4.78 is 5.76. The van der Waals surface area contributed by atoms with Gasteiger partial charge in [0, 0.05) is 23.8 Å². The van der Waals surface area contributed by atoms with Crippen molar-refractivity contribution < 1.29 is 14.1 Å². The summed E-state index contributed by atoms with van der Waals surface area (Å²) in [4.78, 5) is 27.7. The number of rotatable bonds is 5. The second-order valence-corrected chi connectivity index (χ2v) is 7.54. The van der Waals surface area contributed by atoms with E-state index in [0.29, 0.717) is 27.2 Å². The van der Waals surface area contributed by atoms with Gasteiger partial charge in [-0.15, -0.1) is 0 Å². The molecule has 1 amide bonds. The molecular weight excluding hydrogens is 402 g/mol. The molecule has 3 aromatic rings. The molecule has 150 valence electrons. The maximum Gasteiger partial charge on any atom is 0.270 e. The Balaban J connectivity index is 1.52. The maximum absolute atomic E-state index is 12.3. The molecule has 30 heavy (non-hydrogen) atoms. The van der Waals surface area contributed by atoms with E-state index in [9.17, 15) is 14.9 Å². The van der Waals surface area contributed by atoms with E-state index in [1.165, 1.54) is 29.5 Å². The van der Waals surface area contributed by atoms with E-state index in [4.69, 9.17) is 4.42 Å². The third kappa shape index (κ3) is 4.33. The molecule has 8 heteroatoms. The number of nitrogens with one attached hydrogen (secondary N) is 1. The number of carbonyl (C=O) groups is 1. The number of benzene rings is 2. The molecule has 1 fully saturated rings. The smallest absolute Gasteiger partial charge is 0.270 e. The molecule has 0 radical (unpaired) electrons. The Morgan fingerprint density at radius 2 is 1.97 bits per heavy atom. The molecule has 0 unspecified atom stereocenters. The molecule has 0 bridgehead atoms. The van der Waals surface area contributed by atoms with E-state index >= 15 is 0 Å². The van der Waals surface area contributed by atoms with Crippen LogP contribution in [0.4, 0.5) is 11.4 Å². The van der Waals surface area contributed by atoms with Gasteiger partial charge in [-0.3, -0.25) is 14.9 Å². The number of nitro groups is 1. The minimum absolute atomic E-state index is 0.0117. The Bertz CT molecular complexity index is 1180. The lowest BCUT2D eigenvalue weighted by molar-refractivity contribution is -0.384. The fourth-order valence-electron chi connectivity index (χ4n) is 2.89. The highest BCUT2D eigenvalue weighted by molar-refractivity contribution is 8.18. The molecule has 2 heterocycles. The predicted octanol–water partition coefficient (Wildman–Crippen LogP) is 5.31. The molecule has 1 aliphatic heterocycles. The lowest BCUT2D eigenvalue weighted by Crippen LogP contribution is -2.19. The summed E-state index contributed by atoms with van der Waals surface area (Å²) in [6.45, 7) is 2.09. The summed E-state index contributed by atoms with van der Waals surface area (Å²) in [7, 11) is 0. The van der Waals surface area contributed by atoms with Crippen LogP contribution in [0, 0.1) is 10.1 Å². The standard InChI is InChI=1S/C22H17N3O4S/c1-2-14-6-8-16(9-7-14)23-22-24-21(26)20(30-22)13-18-10-11-19(29-18)15-4-3-5-17(12-15)25(27)28/h3-13H,2H2,1H3,(H,23,24,26)/b20-13-. The topological polar surface area (TPSA) is 97.7 Å². The van der Waals surface area contributed by atoms with Crippen molar-refractivity contribution in [2.24, 2.45) is 4.99 Å². The molecule has 0 spiro atoms. The van der Waals surface area contributed by atoms with E-state index in [1.807, 2.05) is 24.3 Å². The Morgan fingerprint density at radius 1 is 1.17 bits per heavy atom. The van der Waals surface area contributed by atoms with E-state index in [2.05, 4.69) is 17.2 Å². The first-order valence-corrected chi connectivity index (χ1v) is 10.1. The average Bonchev–Trinajstić information content (AvgIpc) is 3.35. The summed E-state index contributed by atoms with van der Waals surface area (Å²) in [5.74, 6) is 0.707. The van der Waals surface area contributed by atoms with Crippen LogP contribution in [0.1, 0.15) is 18.2 Å². The molecular formula is C22H17N3O4S. The highest BCUT2D eigenvalue weighted by Crippen LogP contribution is 2.31. The third-order valence-corrected chi connectivity index (χ3v) is 5.38. The van der Waals surface area contributed by atoms with Gasteiger partial charge in [-0.2, -0.15) is 0 Å². The van der Waals surface area contributed by atoms with Gasteiger partial charge in [0.1, 0.15) is 11.5 Å². The van der Waals surface area contributed by atoms with Gasteiger partial charge in [0.05, 0.1) is 15.5 Å². The molecule has 7 nitrogen and oxygen atoms in total. The van der Waals surface area contributed by atoms with Crippen molar-refractivity contribution in [3.8, 4) is 11.3 Å². The number of furan rings is 1. The Morgan fingerprint density at radius 3 is 2.70 bits per heavy atom. The summed E-state index contributed by atoms with van der Waals surface area (Å²) in [5.41, 5.74) is 2.57. The van der Waals surface area contributed by atoms with Crippen LogP contribution in [-0.4, -0.2) is 16.0 Å². The van der Waals surface area contributed by atoms with Crippen molar-refractivity contribution >= 4 is 40.3 Å². The number of thioether (sulfide) groups is 1. The van der Waals surface area contributed by atoms with E-state index in [1.54, 1.807) is 30.3 Å². The summed E-state index contributed by atoms with van der Waals surface area (Å²) in [6.07, 6.45) is 2.58. The number of amides is 1. The molecule has 0 aliphatic carbocycles. The maximum atomic E-state index is 12.3. The van der Waals surface area contributed by atoms with Crippen LogP contribution in [-0.2, 0) is 11.2 Å². The second kappa shape index (κ2) is 8.38. The molecule has 2 aromatic carbocycles. The first kappa shape index (κ1) is 19.7. The van der Waals surface area contributed by atoms with Crippen LogP contribution >= 0.6 is 11.8 Å². The van der Waals surface area contributed by atoms with Gasteiger partial charge in [0.2, 0.25) is 0 Å². The number of aliphatic imine (C=N–C) groups is 1. The number of amidine groups is 1. The number of carbonyl (C=O) groups excluding carboxylic acids is 1. The fraction of sp³-hybridized carbons (Fsp3) is 0.0909. The number of hydrogen-bond acceptors (Lipinski definition) is 6. The summed E-state index contributed by atoms with van der Waals surface area (Å²) in [6, 6.07) is 17.5. The van der Waals surface area contributed by atoms with Crippen LogP contribution in [0.15, 0.2) is 75.0 Å². The fourth-order valence-corrected chi connectivity index (χ4v) is 3.71. The van der Waals surface area contributed by atoms with Gasteiger partial charge in [-0.1, -0.05) is 31.2 Å². The minimum atomic E-state index is -0.453. The first-order chi connectivity index (χ1) is 14.5. The van der Waals surface area contributed by atoms with Crippen LogP contribution in [0.5, 0.6) is 0 Å². The van der Waals surface area contributed by atoms with Gasteiger partial charge in [-0.05, 0) is 48.0 Å². The van der Waals surface area contributed by atoms with Gasteiger partial charge in [-0.25, -0.2) is 4.99 Å². The monoisotopic (exact) mass is 419 g/mol. The first-order valence-electron chi connectivity index (χ1n) is 9.25. The predicted molar refractivity (Wildman–Crippen MR) is 117 cm³/mol. The van der Waals surface area contributed by atoms with Crippen molar-refractivity contribution in [3.63, 3.8) is 0 Å². The van der Waals surface area contributed by atoms with E-state index in [0.717, 1.165) is 12.1 Å². The van der Waals surface area contributed by atoms with Crippen molar-refractivity contribution in [1.29, 1.82) is 0 Å². The van der Waals surface area contributed by atoms with Crippen molar-refractivity contribution in [1.82, 2.24) is 5.32 Å². The quantitative estimate of drug-likeness (QED) is 0.343. The zero-order chi connectivity index (χ0) is 21.1. The van der Waals surface area contributed by atoms with E-state index in [-0.39, 0.29) is 11.6 Å². The van der Waals surface area contributed by atoms with Crippen LogP contribution in [0.25, 0.3) is 17.4 Å². The SMILES string of the molecule is CCc1ccc(N=C2NC(=O)/C(=C/c3ccc(-c4cccc([N+](=O)[O-])c4)o3)S2)cc1. The molecule has 1 saturated heterocycles. The number of hydrogen-bond donors (Lipinski definition) is 1. The number of nitro benzene ring substituents is 1. The van der Waals surface area contributed by atoms with Gasteiger partial charge in [0.15, 0.2) is 5.17 Å². The van der Waals surface area contributed by atoms with Crippen molar-refractivity contribution in [2.45, 2.75) is 13.3 Å². The molecule has 4 rings (SSSR count). The zero-order valence-electron chi connectivity index (χ0n) is 16.0. The summed E-state index contributed by atoms with van der Waals surface area (Å²) >= 11 is 1.23. The highest BCUT2D eigenvalue weighted by atomic mass is 32.2.